The van der Waals surface area contributed by atoms with Crippen molar-refractivity contribution in [2.45, 2.75) is 25.7 Å². The van der Waals surface area contributed by atoms with Crippen molar-refractivity contribution in [2.24, 2.45) is 5.92 Å². The van der Waals surface area contributed by atoms with Crippen LogP contribution in [-0.2, 0) is 15.0 Å². The van der Waals surface area contributed by atoms with Crippen LogP contribution in [0.15, 0.2) is 42.0 Å². The Kier molecular flexibility index (Phi) is 8.10. The molecule has 0 radical (unpaired) electrons. The number of hydrogen-bond acceptors (Lipinski definition) is 5. The minimum Gasteiger partial charge on any atom is -0.480 e. The molecule has 3 N–H and O–H groups in total. The highest BCUT2D eigenvalue weighted by atomic mass is 127. The molecule has 2 rings (SSSR count). The number of rotatable bonds is 5. The lowest BCUT2D eigenvalue weighted by molar-refractivity contribution is -0.386. The van der Waals surface area contributed by atoms with Crippen molar-refractivity contribution in [1.82, 2.24) is 0 Å². The summed E-state index contributed by atoms with van der Waals surface area (Å²) >= 11 is 1.89. The minimum absolute atomic E-state index is 0.0361. The maximum atomic E-state index is 12.0. The van der Waals surface area contributed by atoms with Crippen LogP contribution in [0.2, 0.25) is 0 Å². The van der Waals surface area contributed by atoms with Crippen molar-refractivity contribution in [3.05, 3.63) is 61.2 Å². The number of nitrogens with zero attached hydrogens (tertiary/aromatic N) is 1. The molecule has 8 nitrogen and oxygen atoms in total. The second kappa shape index (κ2) is 9.60. The van der Waals surface area contributed by atoms with Crippen molar-refractivity contribution >= 4 is 40.2 Å². The highest BCUT2D eigenvalue weighted by Gasteiger charge is 2.50. The summed E-state index contributed by atoms with van der Waals surface area (Å²) in [5.41, 5.74) is -2.30. The summed E-state index contributed by atoms with van der Waals surface area (Å²) in [6.07, 6.45) is 4.81. The molecule has 2 atom stereocenters. The Morgan fingerprint density at radius 3 is 2.37 bits per heavy atom. The first-order valence-electron chi connectivity index (χ1n) is 8.04. The number of carbonyl (C=O) groups is 2. The van der Waals surface area contributed by atoms with Crippen LogP contribution < -0.4 is 0 Å². The number of nitro benzene ring substituents is 1. The lowest BCUT2D eigenvalue weighted by atomic mass is 9.65. The van der Waals surface area contributed by atoms with Crippen molar-refractivity contribution in [3.63, 3.8) is 0 Å². The quantitative estimate of drug-likeness (QED) is 0.328. The molecule has 0 bridgehead atoms. The number of benzene rings is 1. The summed E-state index contributed by atoms with van der Waals surface area (Å²) in [4.78, 5) is 34.1. The summed E-state index contributed by atoms with van der Waals surface area (Å²) in [6, 6.07) is 4.21. The third kappa shape index (κ3) is 4.72. The highest BCUT2D eigenvalue weighted by molar-refractivity contribution is 14.1. The number of aliphatic hydroxyl groups is 1. The standard InChI is InChI=1S/C15H12INO6.C3H8O/c1-8-10(13(18)19)3-2-6-15(8,14(20)21)11-5-4-9(16)7-12(11)17(22)23;1-2-3-4/h2-8H,1H3,(H,18,19)(H,20,21);4H,2-3H2,1H3/t8?,15-;/m0./s1. The van der Waals surface area contributed by atoms with Gasteiger partial charge in [-0.15, -0.1) is 0 Å². The van der Waals surface area contributed by atoms with E-state index < -0.39 is 28.2 Å². The van der Waals surface area contributed by atoms with Gasteiger partial charge in [0.05, 0.1) is 10.5 Å². The average Bonchev–Trinajstić information content (AvgIpc) is 2.61. The van der Waals surface area contributed by atoms with E-state index in [0.29, 0.717) is 10.2 Å². The fraction of sp³-hybridized carbons (Fsp3) is 0.333. The van der Waals surface area contributed by atoms with Gasteiger partial charge in [0, 0.05) is 27.7 Å². The van der Waals surface area contributed by atoms with E-state index >= 15 is 0 Å². The van der Waals surface area contributed by atoms with Gasteiger partial charge in [-0.25, -0.2) is 4.79 Å². The molecule has 1 aliphatic carbocycles. The van der Waals surface area contributed by atoms with Crippen LogP contribution in [0.5, 0.6) is 0 Å². The molecule has 1 aliphatic rings. The lowest BCUT2D eigenvalue weighted by Gasteiger charge is -2.35. The first-order chi connectivity index (χ1) is 12.6. The van der Waals surface area contributed by atoms with Gasteiger partial charge in [0.1, 0.15) is 5.41 Å². The van der Waals surface area contributed by atoms with Crippen LogP contribution in [0.1, 0.15) is 25.8 Å². The summed E-state index contributed by atoms with van der Waals surface area (Å²) in [5.74, 6) is -3.56. The second-order valence-electron chi connectivity index (χ2n) is 5.82. The second-order valence-corrected chi connectivity index (χ2v) is 7.07. The molecular formula is C18H20INO7. The zero-order chi connectivity index (χ0) is 20.8. The molecule has 1 aromatic carbocycles. The number of allylic oxidation sites excluding steroid dienone is 2. The van der Waals surface area contributed by atoms with Gasteiger partial charge in [-0.1, -0.05) is 32.1 Å². The SMILES string of the molecule is CC1C(C(=O)O)=CC=C[C@@]1(C(=O)O)c1ccc(I)cc1[N+](=O)[O-].CCCO. The van der Waals surface area contributed by atoms with E-state index in [-0.39, 0.29) is 16.8 Å². The number of nitro groups is 1. The van der Waals surface area contributed by atoms with Crippen LogP contribution in [0, 0.1) is 19.6 Å². The lowest BCUT2D eigenvalue weighted by Crippen LogP contribution is -2.44. The van der Waals surface area contributed by atoms with Crippen LogP contribution in [0.25, 0.3) is 0 Å². The van der Waals surface area contributed by atoms with Crippen molar-refractivity contribution < 1.29 is 29.8 Å². The summed E-state index contributed by atoms with van der Waals surface area (Å²) in [6.45, 7) is 3.69. The third-order valence-corrected chi connectivity index (χ3v) is 4.88. The summed E-state index contributed by atoms with van der Waals surface area (Å²) in [5, 5.41) is 38.3. The normalized spacial score (nSPS) is 20.9. The molecule has 0 spiro atoms. The first kappa shape index (κ1) is 22.8. The Balaban J connectivity index is 0.000000828. The van der Waals surface area contributed by atoms with Gasteiger partial charge < -0.3 is 15.3 Å². The van der Waals surface area contributed by atoms with Crippen LogP contribution >= 0.6 is 22.6 Å². The van der Waals surface area contributed by atoms with Crippen molar-refractivity contribution in [3.8, 4) is 0 Å². The van der Waals surface area contributed by atoms with E-state index in [1.54, 1.807) is 6.07 Å². The van der Waals surface area contributed by atoms with Gasteiger partial charge in [-0.3, -0.25) is 14.9 Å². The Morgan fingerprint density at radius 1 is 1.33 bits per heavy atom. The predicted octanol–water partition coefficient (Wildman–Crippen LogP) is 3.13. The molecule has 1 unspecified atom stereocenters. The molecular weight excluding hydrogens is 469 g/mol. The zero-order valence-electron chi connectivity index (χ0n) is 14.8. The van der Waals surface area contributed by atoms with E-state index in [0.717, 1.165) is 6.42 Å². The number of carboxylic acid groups (broad SMARTS) is 2. The van der Waals surface area contributed by atoms with Crippen LogP contribution in [-0.4, -0.2) is 38.8 Å². The average molecular weight is 489 g/mol. The number of halogens is 1. The molecule has 0 heterocycles. The molecule has 1 aromatic rings. The third-order valence-electron chi connectivity index (χ3n) is 4.21. The maximum Gasteiger partial charge on any atom is 0.331 e. The first-order valence-corrected chi connectivity index (χ1v) is 9.12. The van der Waals surface area contributed by atoms with Gasteiger partial charge in [0.2, 0.25) is 0 Å². The molecule has 0 saturated carbocycles. The van der Waals surface area contributed by atoms with E-state index in [1.165, 1.54) is 37.3 Å². The predicted molar refractivity (Wildman–Crippen MR) is 107 cm³/mol. The molecule has 146 valence electrons. The van der Waals surface area contributed by atoms with Crippen LogP contribution in [0.4, 0.5) is 5.69 Å². The van der Waals surface area contributed by atoms with Gasteiger partial charge >= 0.3 is 11.9 Å². The number of aliphatic carboxylic acids is 2. The molecule has 0 aromatic heterocycles. The Morgan fingerprint density at radius 2 is 1.93 bits per heavy atom. The molecule has 0 amide bonds. The maximum absolute atomic E-state index is 12.0. The summed E-state index contributed by atoms with van der Waals surface area (Å²) < 4.78 is 0.583. The topological polar surface area (TPSA) is 138 Å². The van der Waals surface area contributed by atoms with E-state index in [9.17, 15) is 29.9 Å². The fourth-order valence-electron chi connectivity index (χ4n) is 2.79. The Labute approximate surface area is 169 Å². The van der Waals surface area contributed by atoms with E-state index in [1.807, 2.05) is 29.5 Å². The molecule has 9 heteroatoms. The van der Waals surface area contributed by atoms with E-state index in [4.69, 9.17) is 5.11 Å². The van der Waals surface area contributed by atoms with Gasteiger partial charge in [0.25, 0.3) is 5.69 Å². The smallest absolute Gasteiger partial charge is 0.331 e. The minimum atomic E-state index is -1.81. The van der Waals surface area contributed by atoms with E-state index in [2.05, 4.69) is 0 Å². The van der Waals surface area contributed by atoms with Gasteiger partial charge in [0.15, 0.2) is 0 Å². The van der Waals surface area contributed by atoms with Crippen LogP contribution in [0.3, 0.4) is 0 Å². The van der Waals surface area contributed by atoms with Crippen molar-refractivity contribution in [2.75, 3.05) is 6.61 Å². The zero-order valence-corrected chi connectivity index (χ0v) is 16.9. The Bertz CT molecular complexity index is 801. The highest BCUT2D eigenvalue weighted by Crippen LogP contribution is 2.44. The summed E-state index contributed by atoms with van der Waals surface area (Å²) in [7, 11) is 0. The number of carboxylic acids is 2. The number of hydrogen-bond donors (Lipinski definition) is 3. The van der Waals surface area contributed by atoms with Gasteiger partial charge in [-0.05, 0) is 41.1 Å². The fourth-order valence-corrected chi connectivity index (χ4v) is 3.27. The molecule has 0 aliphatic heterocycles. The Hall–Kier alpha value is -2.27. The largest absolute Gasteiger partial charge is 0.480 e. The van der Waals surface area contributed by atoms with Gasteiger partial charge in [-0.2, -0.15) is 0 Å². The molecule has 0 fully saturated rings. The van der Waals surface area contributed by atoms with Crippen molar-refractivity contribution in [1.29, 1.82) is 0 Å². The number of aliphatic hydroxyl groups excluding tert-OH is 1. The molecule has 27 heavy (non-hydrogen) atoms. The molecule has 0 saturated heterocycles. The monoisotopic (exact) mass is 489 g/mol.